The van der Waals surface area contributed by atoms with Gasteiger partial charge in [-0.15, -0.1) is 0 Å². The number of rotatable bonds is 8. The third kappa shape index (κ3) is 5.29. The largest absolute Gasteiger partial charge is 0.468 e. The first-order valence-electron chi connectivity index (χ1n) is 15.1. The van der Waals surface area contributed by atoms with Crippen LogP contribution in [0.3, 0.4) is 0 Å². The number of hydrogen-bond donors (Lipinski definition) is 3. The number of allylic oxidation sites excluding steroid dienone is 3. The van der Waals surface area contributed by atoms with Gasteiger partial charge >= 0.3 is 11.9 Å². The van der Waals surface area contributed by atoms with Gasteiger partial charge in [0.1, 0.15) is 17.2 Å². The van der Waals surface area contributed by atoms with E-state index in [9.17, 15) is 23.9 Å². The fourth-order valence-electron chi connectivity index (χ4n) is 8.83. The van der Waals surface area contributed by atoms with Crippen LogP contribution in [0.2, 0.25) is 0 Å². The normalized spacial score (nSPS) is 34.8. The molecular formula is C33H42FN2O6S+. The number of fused-ring (bicyclic) bond motifs is 5. The van der Waals surface area contributed by atoms with Crippen molar-refractivity contribution in [3.05, 3.63) is 53.0 Å². The summed E-state index contributed by atoms with van der Waals surface area (Å²) in [6.07, 6.45) is 6.46. The smallest absolute Gasteiger partial charge is 0.316 e. The molecule has 0 bridgehead atoms. The molecule has 232 valence electrons. The summed E-state index contributed by atoms with van der Waals surface area (Å²) >= 11 is 0.828. The van der Waals surface area contributed by atoms with Crippen LogP contribution in [0.15, 0.2) is 47.2 Å². The predicted molar refractivity (Wildman–Crippen MR) is 161 cm³/mol. The van der Waals surface area contributed by atoms with E-state index >= 15 is 0 Å². The molecule has 4 aliphatic carbocycles. The fourth-order valence-corrected chi connectivity index (χ4v) is 9.80. The second-order valence-electron chi connectivity index (χ2n) is 13.0. The van der Waals surface area contributed by atoms with Crippen molar-refractivity contribution in [2.45, 2.75) is 77.4 Å². The maximum atomic E-state index is 13.9. The number of benzene rings is 1. The maximum Gasteiger partial charge on any atom is 0.316 e. The Morgan fingerprint density at radius 1 is 1.19 bits per heavy atom. The van der Waals surface area contributed by atoms with E-state index in [2.05, 4.69) is 13.0 Å². The zero-order chi connectivity index (χ0) is 31.2. The maximum absolute atomic E-state index is 13.9. The Morgan fingerprint density at radius 2 is 1.91 bits per heavy atom. The summed E-state index contributed by atoms with van der Waals surface area (Å²) in [7, 11) is 1.27. The van der Waals surface area contributed by atoms with Crippen molar-refractivity contribution in [3.8, 4) is 0 Å². The highest BCUT2D eigenvalue weighted by Gasteiger charge is 2.70. The average molecular weight is 614 g/mol. The van der Waals surface area contributed by atoms with E-state index in [1.165, 1.54) is 31.0 Å². The lowest BCUT2D eigenvalue weighted by Gasteiger charge is -2.60. The lowest BCUT2D eigenvalue weighted by molar-refractivity contribution is -0.513. The summed E-state index contributed by atoms with van der Waals surface area (Å²) in [6, 6.07) is 6.30. The van der Waals surface area contributed by atoms with Crippen molar-refractivity contribution in [3.63, 3.8) is 0 Å². The van der Waals surface area contributed by atoms with Crippen LogP contribution in [-0.2, 0) is 23.9 Å². The molecule has 0 saturated heterocycles. The van der Waals surface area contributed by atoms with Gasteiger partial charge in [-0.3, -0.25) is 19.7 Å². The molecule has 5 rings (SSSR count). The molecule has 0 amide bonds. The molecule has 0 aromatic heterocycles. The number of halogens is 1. The number of carbonyl (C=O) groups excluding carboxylic acids is 3. The number of aliphatic hydroxyl groups is 1. The minimum Gasteiger partial charge on any atom is -0.468 e. The molecule has 0 aliphatic heterocycles. The van der Waals surface area contributed by atoms with Crippen LogP contribution in [0.5, 0.6) is 0 Å². The van der Waals surface area contributed by atoms with E-state index in [1.807, 2.05) is 12.2 Å². The van der Waals surface area contributed by atoms with Crippen LogP contribution in [0.4, 0.5) is 10.1 Å². The number of thioether (sulfide) groups is 1. The van der Waals surface area contributed by atoms with Crippen LogP contribution >= 0.6 is 11.8 Å². The van der Waals surface area contributed by atoms with Crippen LogP contribution < -0.4 is 5.32 Å². The highest BCUT2D eigenvalue weighted by molar-refractivity contribution is 8.14. The Kier molecular flexibility index (Phi) is 8.77. The second kappa shape index (κ2) is 11.9. The molecule has 8 nitrogen and oxygen atoms in total. The van der Waals surface area contributed by atoms with Gasteiger partial charge in [-0.2, -0.15) is 0 Å². The SMILES string of the molecule is CCC(=O)OC1(C(=O)SCC(=O)OC)CCC2C3CCC4=CC([NH2+]c5ccc(F)cc5)=C(C=N)CC4(C)C3C(O)CC21C. The number of carbonyl (C=O) groups is 3. The quantitative estimate of drug-likeness (QED) is 0.222. The minimum absolute atomic E-state index is 0.0335. The molecule has 3 fully saturated rings. The van der Waals surface area contributed by atoms with Crippen molar-refractivity contribution in [2.75, 3.05) is 12.9 Å². The third-order valence-electron chi connectivity index (χ3n) is 10.9. The lowest BCUT2D eigenvalue weighted by atomic mass is 9.45. The monoisotopic (exact) mass is 613 g/mol. The summed E-state index contributed by atoms with van der Waals surface area (Å²) < 4.78 is 24.3. The topological polar surface area (TPSA) is 130 Å². The molecule has 10 heteroatoms. The number of hydrogen-bond acceptors (Lipinski definition) is 8. The number of ether oxygens (including phenoxy) is 2. The molecule has 4 N–H and O–H groups in total. The third-order valence-corrected chi connectivity index (χ3v) is 11.8. The van der Waals surface area contributed by atoms with Gasteiger partial charge in [-0.1, -0.05) is 38.1 Å². The van der Waals surface area contributed by atoms with E-state index in [0.29, 0.717) is 25.7 Å². The van der Waals surface area contributed by atoms with Gasteiger partial charge in [0, 0.05) is 35.8 Å². The van der Waals surface area contributed by atoms with Crippen LogP contribution in [0.25, 0.3) is 0 Å². The molecule has 4 aliphatic rings. The van der Waals surface area contributed by atoms with Crippen molar-refractivity contribution in [1.82, 2.24) is 0 Å². The van der Waals surface area contributed by atoms with Gasteiger partial charge in [0.05, 0.1) is 19.0 Å². The lowest BCUT2D eigenvalue weighted by Crippen LogP contribution is -2.76. The van der Waals surface area contributed by atoms with Gasteiger partial charge < -0.3 is 20.0 Å². The zero-order valence-electron chi connectivity index (χ0n) is 25.3. The van der Waals surface area contributed by atoms with E-state index < -0.39 is 29.1 Å². The first-order valence-corrected chi connectivity index (χ1v) is 16.1. The van der Waals surface area contributed by atoms with Crippen LogP contribution in [-0.4, -0.2) is 52.9 Å². The molecule has 0 heterocycles. The van der Waals surface area contributed by atoms with E-state index in [0.717, 1.165) is 41.6 Å². The van der Waals surface area contributed by atoms with Crippen molar-refractivity contribution in [2.24, 2.45) is 28.6 Å². The zero-order valence-corrected chi connectivity index (χ0v) is 26.1. The van der Waals surface area contributed by atoms with E-state index in [1.54, 1.807) is 19.1 Å². The average Bonchev–Trinajstić information content (AvgIpc) is 3.28. The summed E-state index contributed by atoms with van der Waals surface area (Å²) in [4.78, 5) is 38.5. The van der Waals surface area contributed by atoms with Gasteiger partial charge in [0.2, 0.25) is 5.12 Å². The number of nitrogens with two attached hydrogens (primary N) is 1. The highest BCUT2D eigenvalue weighted by atomic mass is 32.2. The van der Waals surface area contributed by atoms with Gasteiger partial charge in [0.15, 0.2) is 5.60 Å². The van der Waals surface area contributed by atoms with E-state index in [-0.39, 0.29) is 46.3 Å². The minimum atomic E-state index is -1.43. The fraction of sp³-hybridized carbons (Fsp3) is 0.576. The van der Waals surface area contributed by atoms with Crippen LogP contribution in [0, 0.1) is 39.8 Å². The molecule has 7 unspecified atom stereocenters. The second-order valence-corrected chi connectivity index (χ2v) is 13.9. The molecule has 3 saturated carbocycles. The molecule has 43 heavy (non-hydrogen) atoms. The first kappa shape index (κ1) is 31.6. The number of esters is 2. The molecule has 1 aromatic rings. The molecule has 1 aromatic carbocycles. The molecule has 0 radical (unpaired) electrons. The van der Waals surface area contributed by atoms with Crippen molar-refractivity contribution >= 4 is 40.7 Å². The Hall–Kier alpha value is -2.82. The Bertz CT molecular complexity index is 1380. The number of nitrogens with one attached hydrogen (secondary N) is 1. The molecule has 0 spiro atoms. The molecule has 7 atom stereocenters. The number of aliphatic hydroxyl groups excluding tert-OH is 1. The van der Waals surface area contributed by atoms with Crippen LogP contribution in [0.1, 0.15) is 65.7 Å². The molecular weight excluding hydrogens is 571 g/mol. The summed E-state index contributed by atoms with van der Waals surface area (Å²) in [5, 5.41) is 21.9. The van der Waals surface area contributed by atoms with Gasteiger partial charge in [-0.25, -0.2) is 4.39 Å². The predicted octanol–water partition coefficient (Wildman–Crippen LogP) is 4.59. The van der Waals surface area contributed by atoms with E-state index in [4.69, 9.17) is 14.9 Å². The summed E-state index contributed by atoms with van der Waals surface area (Å²) in [6.45, 7) is 5.87. The Balaban J connectivity index is 1.46. The standard InChI is InChI=1S/C33H41FN2O6S/c1-5-27(38)42-33(30(40)43-18-28(39)41-4)13-12-24-23-11-6-20-14-25(36-22-9-7-21(34)8-10-22)19(17-35)15-31(20,2)29(23)26(37)16-32(24,33)3/h7-10,14,17,23-24,26,29,35-37H,5-6,11-13,15-16,18H2,1-4H3/p+1. The highest BCUT2D eigenvalue weighted by Crippen LogP contribution is 2.69. The first-order chi connectivity index (χ1) is 20.4. The number of quaternary nitrogens is 1. The Labute approximate surface area is 256 Å². The van der Waals surface area contributed by atoms with Gasteiger partial charge in [-0.05, 0) is 79.9 Å². The number of methoxy groups -OCH3 is 1. The summed E-state index contributed by atoms with van der Waals surface area (Å²) in [5.74, 6) is -1.43. The Morgan fingerprint density at radius 3 is 2.56 bits per heavy atom. The van der Waals surface area contributed by atoms with Crippen molar-refractivity contribution in [1.29, 1.82) is 5.41 Å². The summed E-state index contributed by atoms with van der Waals surface area (Å²) in [5.41, 5.74) is 1.28. The van der Waals surface area contributed by atoms with Gasteiger partial charge in [0.25, 0.3) is 0 Å². The van der Waals surface area contributed by atoms with Crippen molar-refractivity contribution < 1.29 is 38.7 Å².